The highest BCUT2D eigenvalue weighted by atomic mass is 15.3. The first kappa shape index (κ1) is 20.0. The number of benzene rings is 2. The van der Waals surface area contributed by atoms with E-state index in [9.17, 15) is 0 Å². The monoisotopic (exact) mass is 414 g/mol. The van der Waals surface area contributed by atoms with E-state index in [1.807, 2.05) is 4.68 Å². The van der Waals surface area contributed by atoms with Gasteiger partial charge >= 0.3 is 0 Å². The van der Waals surface area contributed by atoms with Gasteiger partial charge in [0.1, 0.15) is 12.7 Å². The van der Waals surface area contributed by atoms with E-state index in [1.165, 1.54) is 47.2 Å². The van der Waals surface area contributed by atoms with Gasteiger partial charge in [0.2, 0.25) is 0 Å². The van der Waals surface area contributed by atoms with Gasteiger partial charge < -0.3 is 9.88 Å². The van der Waals surface area contributed by atoms with Gasteiger partial charge in [-0.1, -0.05) is 36.4 Å². The third-order valence-corrected chi connectivity index (χ3v) is 6.26. The summed E-state index contributed by atoms with van der Waals surface area (Å²) in [5.74, 6) is 0.783. The number of fused-ring (bicyclic) bond motifs is 1. The maximum atomic E-state index is 4.22. The number of hydrogen-bond donors (Lipinski definition) is 1. The number of H-pyrrole nitrogens is 1. The molecule has 0 aliphatic carbocycles. The number of aromatic amines is 1. The molecule has 0 amide bonds. The van der Waals surface area contributed by atoms with Gasteiger partial charge in [-0.25, -0.2) is 9.67 Å². The molecule has 31 heavy (non-hydrogen) atoms. The van der Waals surface area contributed by atoms with Crippen molar-refractivity contribution in [1.29, 1.82) is 0 Å². The van der Waals surface area contributed by atoms with Crippen LogP contribution in [0.3, 0.4) is 0 Å². The molecule has 1 aliphatic heterocycles. The summed E-state index contributed by atoms with van der Waals surface area (Å²) in [6.45, 7) is 6.49. The van der Waals surface area contributed by atoms with Gasteiger partial charge in [-0.3, -0.25) is 4.90 Å². The summed E-state index contributed by atoms with van der Waals surface area (Å²) in [7, 11) is 2.25. The fourth-order valence-corrected chi connectivity index (χ4v) is 4.64. The normalized spacial score (nSPS) is 15.0. The molecule has 1 fully saturated rings. The van der Waals surface area contributed by atoms with Crippen LogP contribution in [-0.4, -0.2) is 62.8 Å². The van der Waals surface area contributed by atoms with Gasteiger partial charge in [-0.2, -0.15) is 5.10 Å². The van der Waals surface area contributed by atoms with Crippen molar-refractivity contribution in [2.45, 2.75) is 19.5 Å². The van der Waals surface area contributed by atoms with Crippen LogP contribution in [0.5, 0.6) is 0 Å². The Morgan fingerprint density at radius 2 is 1.94 bits per heavy atom. The number of likely N-dealkylation sites (tertiary alicyclic amines) is 1. The van der Waals surface area contributed by atoms with E-state index in [4.69, 9.17) is 0 Å². The number of aromatic nitrogens is 4. The van der Waals surface area contributed by atoms with E-state index < -0.39 is 0 Å². The first-order valence-electron chi connectivity index (χ1n) is 11.1. The summed E-state index contributed by atoms with van der Waals surface area (Å²) in [6, 6.07) is 17.4. The van der Waals surface area contributed by atoms with E-state index >= 15 is 0 Å². The predicted octanol–water partition coefficient (Wildman–Crippen LogP) is 3.41. The lowest BCUT2D eigenvalue weighted by Crippen LogP contribution is -2.50. The molecule has 160 valence electrons. The van der Waals surface area contributed by atoms with Crippen LogP contribution in [0.1, 0.15) is 16.7 Å². The lowest BCUT2D eigenvalue weighted by Gasteiger charge is -2.41. The summed E-state index contributed by atoms with van der Waals surface area (Å²) >= 11 is 0. The molecule has 1 N–H and O–H groups in total. The van der Waals surface area contributed by atoms with Crippen molar-refractivity contribution in [3.8, 4) is 0 Å². The lowest BCUT2D eigenvalue weighted by molar-refractivity contribution is 0.0678. The largest absolute Gasteiger partial charge is 0.361 e. The molecule has 1 saturated heterocycles. The lowest BCUT2D eigenvalue weighted by atomic mass is 9.98. The van der Waals surface area contributed by atoms with Crippen LogP contribution in [0, 0.1) is 5.92 Å². The molecule has 0 radical (unpaired) electrons. The molecular formula is C25H30N6. The molecule has 0 atom stereocenters. The van der Waals surface area contributed by atoms with Crippen LogP contribution in [0.2, 0.25) is 0 Å². The molecule has 0 unspecified atom stereocenters. The van der Waals surface area contributed by atoms with Gasteiger partial charge in [0.15, 0.2) is 0 Å². The molecule has 2 aromatic heterocycles. The standard InChI is InChI=1S/C25H30N6/c1-29(13-22-15-30(16-22)14-20-5-3-2-4-6-20)10-9-23-12-27-25-8-7-21(11-24(23)25)17-31-19-26-18-28-31/h2-8,11-12,18-19,22,27H,9-10,13-17H2,1H3. The summed E-state index contributed by atoms with van der Waals surface area (Å²) < 4.78 is 1.86. The van der Waals surface area contributed by atoms with E-state index in [2.05, 4.69) is 86.6 Å². The first-order chi connectivity index (χ1) is 15.2. The summed E-state index contributed by atoms with van der Waals surface area (Å²) in [6.07, 6.45) is 6.57. The third kappa shape index (κ3) is 4.86. The van der Waals surface area contributed by atoms with Crippen LogP contribution in [0.15, 0.2) is 67.4 Å². The zero-order valence-electron chi connectivity index (χ0n) is 18.1. The minimum absolute atomic E-state index is 0.752. The smallest absolute Gasteiger partial charge is 0.137 e. The van der Waals surface area contributed by atoms with Crippen LogP contribution >= 0.6 is 0 Å². The Bertz CT molecular complexity index is 1100. The van der Waals surface area contributed by atoms with Crippen molar-refractivity contribution in [3.63, 3.8) is 0 Å². The Morgan fingerprint density at radius 3 is 2.74 bits per heavy atom. The molecule has 4 aromatic rings. The Balaban J connectivity index is 1.11. The highest BCUT2D eigenvalue weighted by molar-refractivity contribution is 5.83. The Kier molecular flexibility index (Phi) is 5.82. The second-order valence-corrected chi connectivity index (χ2v) is 8.84. The minimum Gasteiger partial charge on any atom is -0.361 e. The average Bonchev–Trinajstić information content (AvgIpc) is 3.41. The second-order valence-electron chi connectivity index (χ2n) is 8.84. The topological polar surface area (TPSA) is 53.0 Å². The SMILES string of the molecule is CN(CCc1c[nH]c2ccc(Cn3cncn3)cc12)CC1CN(Cc2ccccc2)C1. The second kappa shape index (κ2) is 9.04. The van der Waals surface area contributed by atoms with Crippen molar-refractivity contribution in [3.05, 3.63) is 84.1 Å². The molecular weight excluding hydrogens is 384 g/mol. The van der Waals surface area contributed by atoms with Crippen molar-refractivity contribution in [2.24, 2.45) is 5.92 Å². The predicted molar refractivity (Wildman–Crippen MR) is 124 cm³/mol. The molecule has 0 spiro atoms. The maximum Gasteiger partial charge on any atom is 0.137 e. The Hall–Kier alpha value is -2.96. The molecule has 0 bridgehead atoms. The summed E-state index contributed by atoms with van der Waals surface area (Å²) in [5, 5.41) is 5.54. The van der Waals surface area contributed by atoms with E-state index in [0.717, 1.165) is 32.0 Å². The van der Waals surface area contributed by atoms with E-state index in [1.54, 1.807) is 12.7 Å². The highest BCUT2D eigenvalue weighted by Gasteiger charge is 2.27. The maximum absolute atomic E-state index is 4.22. The molecule has 6 heteroatoms. The van der Waals surface area contributed by atoms with Crippen molar-refractivity contribution >= 4 is 10.9 Å². The number of likely N-dealkylation sites (N-methyl/N-ethyl adjacent to an activating group) is 1. The molecule has 2 aromatic carbocycles. The molecule has 0 saturated carbocycles. The number of nitrogens with zero attached hydrogens (tertiary/aromatic N) is 5. The molecule has 5 rings (SSSR count). The van der Waals surface area contributed by atoms with Crippen LogP contribution < -0.4 is 0 Å². The number of rotatable bonds is 9. The van der Waals surface area contributed by atoms with Gasteiger partial charge in [-0.05, 0) is 48.2 Å². The zero-order valence-corrected chi connectivity index (χ0v) is 18.1. The summed E-state index contributed by atoms with van der Waals surface area (Å²) in [5.41, 5.74) is 5.26. The van der Waals surface area contributed by atoms with Gasteiger partial charge in [0, 0.05) is 49.8 Å². The highest BCUT2D eigenvalue weighted by Crippen LogP contribution is 2.22. The van der Waals surface area contributed by atoms with Gasteiger partial charge in [0.05, 0.1) is 6.54 Å². The molecule has 3 heterocycles. The van der Waals surface area contributed by atoms with E-state index in [0.29, 0.717) is 0 Å². The van der Waals surface area contributed by atoms with Gasteiger partial charge in [-0.15, -0.1) is 0 Å². The number of hydrogen-bond acceptors (Lipinski definition) is 4. The van der Waals surface area contributed by atoms with E-state index in [-0.39, 0.29) is 0 Å². The zero-order chi connectivity index (χ0) is 21.0. The van der Waals surface area contributed by atoms with Crippen LogP contribution in [0.25, 0.3) is 10.9 Å². The Morgan fingerprint density at radius 1 is 1.06 bits per heavy atom. The minimum atomic E-state index is 0.752. The van der Waals surface area contributed by atoms with Gasteiger partial charge in [0.25, 0.3) is 0 Å². The van der Waals surface area contributed by atoms with Crippen molar-refractivity contribution in [2.75, 3.05) is 33.2 Å². The fraction of sp³-hybridized carbons (Fsp3) is 0.360. The quantitative estimate of drug-likeness (QED) is 0.456. The number of nitrogens with one attached hydrogen (secondary N) is 1. The average molecular weight is 415 g/mol. The van der Waals surface area contributed by atoms with Crippen molar-refractivity contribution < 1.29 is 0 Å². The van der Waals surface area contributed by atoms with Crippen molar-refractivity contribution in [1.82, 2.24) is 29.5 Å². The molecule has 1 aliphatic rings. The first-order valence-corrected chi connectivity index (χ1v) is 11.1. The molecule has 6 nitrogen and oxygen atoms in total. The Labute approximate surface area is 183 Å². The third-order valence-electron chi connectivity index (χ3n) is 6.26. The summed E-state index contributed by atoms with van der Waals surface area (Å²) in [4.78, 5) is 12.5. The van der Waals surface area contributed by atoms with Crippen LogP contribution in [-0.2, 0) is 19.5 Å². The van der Waals surface area contributed by atoms with Crippen LogP contribution in [0.4, 0.5) is 0 Å². The fourth-order valence-electron chi connectivity index (χ4n) is 4.64.